The van der Waals surface area contributed by atoms with Crippen LogP contribution in [-0.4, -0.2) is 44.7 Å². The molecule has 0 saturated heterocycles. The SMILES string of the molecule is CC(C)Nc1cc(-c2cc3n(c2)CCN(C(CO)c2cccc(C(F)(F)F)c2)C3=O)c(Cl)cn1. The molecule has 180 valence electrons. The lowest BCUT2D eigenvalue weighted by Crippen LogP contribution is -2.43. The topological polar surface area (TPSA) is 70.4 Å². The molecule has 0 radical (unpaired) electrons. The van der Waals surface area contributed by atoms with E-state index in [4.69, 9.17) is 11.6 Å². The van der Waals surface area contributed by atoms with Gasteiger partial charge in [0.15, 0.2) is 0 Å². The number of amides is 1. The molecule has 1 unspecified atom stereocenters. The average molecular weight is 493 g/mol. The fraction of sp³-hybridized carbons (Fsp3) is 0.333. The molecule has 1 aliphatic heterocycles. The molecule has 0 bridgehead atoms. The number of halogens is 4. The number of benzene rings is 1. The van der Waals surface area contributed by atoms with Gasteiger partial charge in [0.05, 0.1) is 23.2 Å². The van der Waals surface area contributed by atoms with Crippen molar-refractivity contribution in [3.8, 4) is 11.1 Å². The molecule has 6 nitrogen and oxygen atoms in total. The zero-order valence-corrected chi connectivity index (χ0v) is 19.4. The summed E-state index contributed by atoms with van der Waals surface area (Å²) < 4.78 is 41.3. The summed E-state index contributed by atoms with van der Waals surface area (Å²) in [6, 6.07) is 7.51. The number of carbonyl (C=O) groups is 1. The second kappa shape index (κ2) is 9.31. The van der Waals surface area contributed by atoms with Crippen molar-refractivity contribution in [2.24, 2.45) is 0 Å². The number of rotatable bonds is 6. The fourth-order valence-corrected chi connectivity index (χ4v) is 4.34. The van der Waals surface area contributed by atoms with E-state index in [9.17, 15) is 23.1 Å². The number of alkyl halides is 3. The molecular formula is C24H24ClF3N4O2. The van der Waals surface area contributed by atoms with E-state index in [0.29, 0.717) is 28.6 Å². The molecule has 10 heteroatoms. The molecule has 2 N–H and O–H groups in total. The van der Waals surface area contributed by atoms with Gasteiger partial charge in [0.2, 0.25) is 0 Å². The van der Waals surface area contributed by atoms with E-state index in [1.54, 1.807) is 16.8 Å². The molecule has 1 atom stereocenters. The minimum absolute atomic E-state index is 0.171. The summed E-state index contributed by atoms with van der Waals surface area (Å²) in [5.41, 5.74) is 1.21. The molecule has 1 aliphatic rings. The summed E-state index contributed by atoms with van der Waals surface area (Å²) in [7, 11) is 0. The molecule has 2 aromatic heterocycles. The van der Waals surface area contributed by atoms with E-state index in [0.717, 1.165) is 17.7 Å². The van der Waals surface area contributed by atoms with Crippen LogP contribution in [0.1, 0.15) is 41.5 Å². The Kier molecular flexibility index (Phi) is 6.60. The number of hydrogen-bond acceptors (Lipinski definition) is 4. The average Bonchev–Trinajstić information content (AvgIpc) is 3.21. The van der Waals surface area contributed by atoms with Crippen molar-refractivity contribution in [1.29, 1.82) is 0 Å². The molecule has 1 aromatic carbocycles. The number of carbonyl (C=O) groups excluding carboxylic acids is 1. The first-order valence-corrected chi connectivity index (χ1v) is 11.2. The van der Waals surface area contributed by atoms with Crippen molar-refractivity contribution in [2.75, 3.05) is 18.5 Å². The van der Waals surface area contributed by atoms with Gasteiger partial charge in [-0.3, -0.25) is 4.79 Å². The molecule has 0 fully saturated rings. The van der Waals surface area contributed by atoms with Crippen LogP contribution in [0.15, 0.2) is 48.8 Å². The molecule has 3 aromatic rings. The first kappa shape index (κ1) is 24.1. The third-order valence-electron chi connectivity index (χ3n) is 5.71. The summed E-state index contributed by atoms with van der Waals surface area (Å²) in [5, 5.41) is 13.6. The Balaban J connectivity index is 1.65. The van der Waals surface area contributed by atoms with Crippen LogP contribution in [0.5, 0.6) is 0 Å². The highest BCUT2D eigenvalue weighted by atomic mass is 35.5. The number of aliphatic hydroxyl groups is 1. The number of pyridine rings is 1. The quantitative estimate of drug-likeness (QED) is 0.494. The number of aliphatic hydroxyl groups excluding tert-OH is 1. The Bertz CT molecular complexity index is 1210. The maximum Gasteiger partial charge on any atom is 0.416 e. The predicted octanol–water partition coefficient (Wildman–Crippen LogP) is 5.23. The van der Waals surface area contributed by atoms with Gasteiger partial charge >= 0.3 is 6.18 Å². The number of aromatic nitrogens is 2. The molecule has 1 amide bonds. The minimum atomic E-state index is -4.52. The van der Waals surface area contributed by atoms with Crippen LogP contribution in [0.4, 0.5) is 19.0 Å². The monoisotopic (exact) mass is 492 g/mol. The van der Waals surface area contributed by atoms with Crippen molar-refractivity contribution >= 4 is 23.3 Å². The Morgan fingerprint density at radius 2 is 1.97 bits per heavy atom. The largest absolute Gasteiger partial charge is 0.416 e. The number of anilines is 1. The zero-order valence-electron chi connectivity index (χ0n) is 18.6. The van der Waals surface area contributed by atoms with Gasteiger partial charge in [-0.15, -0.1) is 0 Å². The van der Waals surface area contributed by atoms with E-state index in [1.165, 1.54) is 17.0 Å². The standard InChI is InChI=1S/C24H24ClF3N4O2/c1-14(2)30-22-10-18(19(25)11-29-22)16-9-20-23(34)32(7-6-31(20)12-16)21(13-33)15-4-3-5-17(8-15)24(26,27)28/h3-5,8-12,14,21,33H,6-7,13H2,1-2H3,(H,29,30). The highest BCUT2D eigenvalue weighted by molar-refractivity contribution is 6.33. The van der Waals surface area contributed by atoms with Crippen LogP contribution in [0, 0.1) is 0 Å². The summed E-state index contributed by atoms with van der Waals surface area (Å²) in [4.78, 5) is 19.0. The Hall–Kier alpha value is -3.04. The number of fused-ring (bicyclic) bond motifs is 1. The molecule has 4 rings (SSSR count). The second-order valence-electron chi connectivity index (χ2n) is 8.48. The van der Waals surface area contributed by atoms with Crippen molar-refractivity contribution in [1.82, 2.24) is 14.5 Å². The van der Waals surface area contributed by atoms with Gasteiger partial charge in [-0.05, 0) is 43.7 Å². The first-order chi connectivity index (χ1) is 16.1. The van der Waals surface area contributed by atoms with Crippen LogP contribution in [0.25, 0.3) is 11.1 Å². The summed E-state index contributed by atoms with van der Waals surface area (Å²) in [5.74, 6) is 0.274. The number of nitrogens with one attached hydrogen (secondary N) is 1. The third kappa shape index (κ3) is 4.76. The van der Waals surface area contributed by atoms with E-state index in [2.05, 4.69) is 10.3 Å². The molecule has 0 spiro atoms. The normalized spacial score (nSPS) is 14.9. The maximum absolute atomic E-state index is 13.3. The van der Waals surface area contributed by atoms with Crippen molar-refractivity contribution in [2.45, 2.75) is 38.7 Å². The summed E-state index contributed by atoms with van der Waals surface area (Å²) in [6.07, 6.45) is -1.15. The van der Waals surface area contributed by atoms with Gasteiger partial charge in [-0.2, -0.15) is 13.2 Å². The first-order valence-electron chi connectivity index (χ1n) is 10.8. The van der Waals surface area contributed by atoms with Gasteiger partial charge in [-0.1, -0.05) is 23.7 Å². The highest BCUT2D eigenvalue weighted by Gasteiger charge is 2.34. The Morgan fingerprint density at radius 1 is 1.21 bits per heavy atom. The van der Waals surface area contributed by atoms with E-state index in [1.807, 2.05) is 26.1 Å². The van der Waals surface area contributed by atoms with E-state index < -0.39 is 24.4 Å². The van der Waals surface area contributed by atoms with Crippen LogP contribution in [0.2, 0.25) is 5.02 Å². The van der Waals surface area contributed by atoms with Crippen LogP contribution >= 0.6 is 11.6 Å². The third-order valence-corrected chi connectivity index (χ3v) is 6.01. The Morgan fingerprint density at radius 3 is 2.65 bits per heavy atom. The van der Waals surface area contributed by atoms with E-state index >= 15 is 0 Å². The van der Waals surface area contributed by atoms with Crippen LogP contribution in [0.3, 0.4) is 0 Å². The highest BCUT2D eigenvalue weighted by Crippen LogP contribution is 2.35. The molecule has 0 aliphatic carbocycles. The van der Waals surface area contributed by atoms with Crippen molar-refractivity contribution in [3.63, 3.8) is 0 Å². The maximum atomic E-state index is 13.3. The van der Waals surface area contributed by atoms with Gasteiger partial charge in [0, 0.05) is 42.7 Å². The second-order valence-corrected chi connectivity index (χ2v) is 8.88. The Labute approximate surface area is 200 Å². The van der Waals surface area contributed by atoms with Gasteiger partial charge < -0.3 is 19.9 Å². The van der Waals surface area contributed by atoms with Crippen molar-refractivity contribution < 1.29 is 23.1 Å². The lowest BCUT2D eigenvalue weighted by atomic mass is 10.0. The molecule has 0 saturated carbocycles. The number of hydrogen-bond donors (Lipinski definition) is 2. The molecule has 34 heavy (non-hydrogen) atoms. The zero-order chi connectivity index (χ0) is 24.6. The van der Waals surface area contributed by atoms with Crippen LogP contribution < -0.4 is 5.32 Å². The predicted molar refractivity (Wildman–Crippen MR) is 124 cm³/mol. The fourth-order valence-electron chi connectivity index (χ4n) is 4.12. The van der Waals surface area contributed by atoms with Crippen molar-refractivity contribution in [3.05, 3.63) is 70.6 Å². The minimum Gasteiger partial charge on any atom is -0.394 e. The summed E-state index contributed by atoms with van der Waals surface area (Å²) in [6.45, 7) is 4.15. The lowest BCUT2D eigenvalue weighted by Gasteiger charge is -2.34. The van der Waals surface area contributed by atoms with Gasteiger partial charge in [-0.25, -0.2) is 4.98 Å². The van der Waals surface area contributed by atoms with Crippen LogP contribution in [-0.2, 0) is 12.7 Å². The smallest absolute Gasteiger partial charge is 0.394 e. The number of nitrogens with zero attached hydrogens (tertiary/aromatic N) is 3. The van der Waals surface area contributed by atoms with E-state index in [-0.39, 0.29) is 24.1 Å². The van der Waals surface area contributed by atoms with Gasteiger partial charge in [0.25, 0.3) is 5.91 Å². The lowest BCUT2D eigenvalue weighted by molar-refractivity contribution is -0.137. The molecule has 3 heterocycles. The molecular weight excluding hydrogens is 469 g/mol. The van der Waals surface area contributed by atoms with Gasteiger partial charge in [0.1, 0.15) is 11.5 Å². The summed E-state index contributed by atoms with van der Waals surface area (Å²) >= 11 is 6.38.